The molecule has 292 valence electrons. The van der Waals surface area contributed by atoms with Crippen LogP contribution in [-0.2, 0) is 34.8 Å². The Kier molecular flexibility index (Phi) is 22.3. The van der Waals surface area contributed by atoms with Gasteiger partial charge in [-0.25, -0.2) is 21.6 Å². The van der Waals surface area contributed by atoms with Crippen LogP contribution in [0.3, 0.4) is 0 Å². The second kappa shape index (κ2) is 22.2. The molecule has 3 rings (SSSR count). The first kappa shape index (κ1) is 52.4. The summed E-state index contributed by atoms with van der Waals surface area (Å²) in [5, 5.41) is 27.0. The number of halogens is 4. The van der Waals surface area contributed by atoms with E-state index in [2.05, 4.69) is 19.0 Å². The van der Waals surface area contributed by atoms with Crippen LogP contribution in [0.25, 0.3) is 0 Å². The number of alkyl halides is 3. The molecule has 0 bridgehead atoms. The quantitative estimate of drug-likeness (QED) is 0.124. The molecule has 0 fully saturated rings. The molecule has 1 unspecified atom stereocenters. The molecule has 12 nitrogen and oxygen atoms in total. The summed E-state index contributed by atoms with van der Waals surface area (Å²) in [6, 6.07) is 14.5. The summed E-state index contributed by atoms with van der Waals surface area (Å²) < 4.78 is 118. The second-order valence-electron chi connectivity index (χ2n) is 10.4. The highest BCUT2D eigenvalue weighted by Crippen LogP contribution is 2.21. The molecule has 0 aliphatic heterocycles. The first-order valence-corrected chi connectivity index (χ1v) is 18.2. The molecule has 1 N–H and O–H groups in total. The standard InChI is InChI=1S/C9H12O3S.C9H12O2S.C7H8O3S.C5H6O3.C3H3F3O.BrH/c1-6-4-7(2)9(8(3)5-6)13(10,11)12;1-7-4-5-8(2)9(6-7)12(3,10)11;1-6-2-4-7(5-3-6)11(8,9)10;1-4(6)2-3-5(7)8;1-2(7)3(4,5)6;/h4-5H,1-3H3,(H,10,11,12);4-6H,3H2,1-2H3,(H,10,11);2-5H,1H3,(H,8,9,10);2-3,6H,1H2,(H,7,8);7H,1H2;1H/p-6/b;;;3-2-;;. The zero-order chi connectivity index (χ0) is 40.7. The largest absolute Gasteiger partial charge is 1.00 e. The summed E-state index contributed by atoms with van der Waals surface area (Å²) in [6.07, 6.45) is -3.11. The molecule has 0 aromatic heterocycles. The smallest absolute Gasteiger partial charge is 0.401 e. The number of rotatable bonds is 5. The van der Waals surface area contributed by atoms with E-state index in [1.54, 1.807) is 57.2 Å². The van der Waals surface area contributed by atoms with E-state index in [4.69, 9.17) is 5.11 Å². The van der Waals surface area contributed by atoms with Crippen LogP contribution in [0.1, 0.15) is 33.4 Å². The van der Waals surface area contributed by atoms with Crippen molar-refractivity contribution in [2.24, 2.45) is 0 Å². The Labute approximate surface area is 312 Å². The molecule has 3 aromatic rings. The van der Waals surface area contributed by atoms with Crippen molar-refractivity contribution < 1.29 is 85.0 Å². The number of allylic oxidation sites excluding steroid dienone is 2. The van der Waals surface area contributed by atoms with Crippen molar-refractivity contribution in [2.75, 3.05) is 0 Å². The molecule has 0 saturated heterocycles. The van der Waals surface area contributed by atoms with E-state index in [-0.39, 0.29) is 26.8 Å². The number of carboxylic acids is 1. The van der Waals surface area contributed by atoms with Crippen molar-refractivity contribution in [2.45, 2.75) is 62.4 Å². The van der Waals surface area contributed by atoms with E-state index in [0.29, 0.717) is 16.0 Å². The predicted molar refractivity (Wildman–Crippen MR) is 179 cm³/mol. The molecular weight excluding hydrogens is 821 g/mol. The van der Waals surface area contributed by atoms with Crippen molar-refractivity contribution in [1.29, 1.82) is 0 Å². The average Bonchev–Trinajstić information content (AvgIpc) is 2.92. The van der Waals surface area contributed by atoms with Gasteiger partial charge in [0.25, 0.3) is 0 Å². The van der Waals surface area contributed by atoms with Gasteiger partial charge in [-0.15, -0.1) is 18.9 Å². The van der Waals surface area contributed by atoms with Crippen molar-refractivity contribution in [3.8, 4) is 0 Å². The third-order valence-corrected chi connectivity index (χ3v) is 8.67. The summed E-state index contributed by atoms with van der Waals surface area (Å²) >= 11 is 0. The van der Waals surface area contributed by atoms with Crippen LogP contribution in [0.4, 0.5) is 13.2 Å². The van der Waals surface area contributed by atoms with Gasteiger partial charge in [0.15, 0.2) is 0 Å². The van der Waals surface area contributed by atoms with Gasteiger partial charge >= 0.3 is 12.1 Å². The lowest BCUT2D eigenvalue weighted by atomic mass is 10.1. The van der Waals surface area contributed by atoms with Crippen LogP contribution in [0.15, 0.2) is 106 Å². The summed E-state index contributed by atoms with van der Waals surface area (Å²) in [4.78, 5) is 9.70. The van der Waals surface area contributed by atoms with Crippen molar-refractivity contribution in [1.82, 2.24) is 0 Å². The number of carbonyl (C=O) groups is 1. The summed E-state index contributed by atoms with van der Waals surface area (Å²) in [7, 11) is -11.9. The van der Waals surface area contributed by atoms with E-state index in [1.807, 2.05) is 26.8 Å². The zero-order valence-electron chi connectivity index (χ0n) is 28.6. The molecule has 19 heteroatoms. The number of aliphatic carboxylic acids is 1. The fraction of sp³-hybridized carbons (Fsp3) is 0.212. The van der Waals surface area contributed by atoms with Gasteiger partial charge in [-0.3, -0.25) is 4.21 Å². The van der Waals surface area contributed by atoms with Gasteiger partial charge in [-0.2, -0.15) is 13.2 Å². The molecule has 0 saturated carbocycles. The zero-order valence-corrected chi connectivity index (χ0v) is 32.7. The minimum atomic E-state index is -4.75. The van der Waals surface area contributed by atoms with E-state index < -0.39 is 53.7 Å². The van der Waals surface area contributed by atoms with Gasteiger partial charge in [0.1, 0.15) is 20.2 Å². The van der Waals surface area contributed by atoms with E-state index >= 15 is 0 Å². The van der Waals surface area contributed by atoms with Gasteiger partial charge < -0.3 is 46.0 Å². The molecule has 3 aromatic carbocycles. The Morgan fingerprint density at radius 1 is 0.692 bits per heavy atom. The molecule has 0 aliphatic carbocycles. The third kappa shape index (κ3) is 22.8. The first-order valence-electron chi connectivity index (χ1n) is 13.7. The maximum atomic E-state index is 11.1. The number of hydrogen-bond donors (Lipinski definition) is 1. The van der Waals surface area contributed by atoms with Crippen LogP contribution in [0, 0.1) is 41.5 Å². The number of aryl methyl sites for hydroxylation is 6. The lowest BCUT2D eigenvalue weighted by molar-refractivity contribution is -0.359. The Bertz CT molecular complexity index is 2000. The van der Waals surface area contributed by atoms with Crippen LogP contribution in [-0.4, -0.2) is 57.8 Å². The fourth-order valence-corrected chi connectivity index (χ4v) is 5.77. The topological polar surface area (TPSA) is 238 Å². The van der Waals surface area contributed by atoms with Crippen LogP contribution >= 0.6 is 0 Å². The normalized spacial score (nSPS) is 11.9. The second-order valence-corrected chi connectivity index (χ2v) is 14.8. The molecule has 0 heterocycles. The summed E-state index contributed by atoms with van der Waals surface area (Å²) in [5.74, 6) is -0.536. The van der Waals surface area contributed by atoms with Crippen LogP contribution < -0.4 is 27.2 Å². The number of hydrogen-bond acceptors (Lipinski definition) is 11. The Hall–Kier alpha value is -3.98. The minimum Gasteiger partial charge on any atom is -1.00 e. The highest BCUT2D eigenvalue weighted by Gasteiger charge is 2.23. The molecular formula is C33H36BrF3O12S3-6. The number of benzene rings is 3. The molecule has 0 aliphatic rings. The SMILES string of the molecule is C=C([O-])/C=C\C(=O)O.C=C([O-])C(F)(F)F.C=S(=O)([O-])c1cc(C)ccc1C.Cc1cc(C)c(S(=O)(=O)[O-])c(C)c1.Cc1ccc(S(=O)(=O)[O-])cc1.[Br-]. The Morgan fingerprint density at radius 2 is 1.10 bits per heavy atom. The van der Waals surface area contributed by atoms with Crippen molar-refractivity contribution in [3.05, 3.63) is 125 Å². The number of carboxylic acid groups (broad SMARTS) is 1. The average molecular weight is 858 g/mol. The van der Waals surface area contributed by atoms with Crippen molar-refractivity contribution in [3.63, 3.8) is 0 Å². The highest BCUT2D eigenvalue weighted by atomic mass is 79.9. The first-order chi connectivity index (χ1) is 22.8. The summed E-state index contributed by atoms with van der Waals surface area (Å²) in [6.45, 7) is 15.6. The minimum absolute atomic E-state index is 0. The van der Waals surface area contributed by atoms with E-state index in [9.17, 15) is 62.9 Å². The Balaban J connectivity index is -0.000000585. The molecule has 1 atom stereocenters. The molecule has 0 radical (unpaired) electrons. The van der Waals surface area contributed by atoms with Crippen LogP contribution in [0.5, 0.6) is 0 Å². The molecule has 52 heavy (non-hydrogen) atoms. The highest BCUT2D eigenvalue weighted by molar-refractivity contribution is 7.95. The van der Waals surface area contributed by atoms with Gasteiger partial charge in [-0.05, 0) is 87.8 Å². The molecule has 0 amide bonds. The summed E-state index contributed by atoms with van der Waals surface area (Å²) in [5.41, 5.74) is 4.61. The Morgan fingerprint density at radius 3 is 1.37 bits per heavy atom. The van der Waals surface area contributed by atoms with Gasteiger partial charge in [-0.1, -0.05) is 69.3 Å². The van der Waals surface area contributed by atoms with Crippen LogP contribution in [0.2, 0.25) is 0 Å². The maximum absolute atomic E-state index is 11.1. The van der Waals surface area contributed by atoms with Crippen molar-refractivity contribution >= 4 is 41.9 Å². The third-order valence-electron chi connectivity index (χ3n) is 5.57. The monoisotopic (exact) mass is 856 g/mol. The lowest BCUT2D eigenvalue weighted by Gasteiger charge is -2.16. The van der Waals surface area contributed by atoms with Gasteiger partial charge in [0, 0.05) is 11.0 Å². The van der Waals surface area contributed by atoms with E-state index in [1.165, 1.54) is 12.1 Å². The maximum Gasteiger partial charge on any atom is 0.401 e. The predicted octanol–water partition coefficient (Wildman–Crippen LogP) is 0.852. The van der Waals surface area contributed by atoms with Gasteiger partial charge in [0.05, 0.1) is 9.79 Å². The van der Waals surface area contributed by atoms with Gasteiger partial charge in [0.2, 0.25) is 0 Å². The molecule has 0 spiro atoms. The lowest BCUT2D eigenvalue weighted by Crippen LogP contribution is -3.00. The van der Waals surface area contributed by atoms with E-state index in [0.717, 1.165) is 34.4 Å². The fourth-order valence-electron chi connectivity index (χ4n) is 3.47.